The summed E-state index contributed by atoms with van der Waals surface area (Å²) in [6.45, 7) is 6.53. The Hall–Kier alpha value is -2.89. The van der Waals surface area contributed by atoms with Crippen LogP contribution in [0.3, 0.4) is 0 Å². The molecule has 1 atom stereocenters. The molecule has 0 aliphatic rings. The van der Waals surface area contributed by atoms with Gasteiger partial charge in [-0.25, -0.2) is 0 Å². The minimum atomic E-state index is -0.802. The molecule has 6 nitrogen and oxygen atoms in total. The highest BCUT2D eigenvalue weighted by Crippen LogP contribution is 2.18. The van der Waals surface area contributed by atoms with Crippen molar-refractivity contribution in [1.82, 2.24) is 0 Å². The molecule has 1 unspecified atom stereocenters. The van der Waals surface area contributed by atoms with E-state index < -0.39 is 6.10 Å². The van der Waals surface area contributed by atoms with Gasteiger partial charge < -0.3 is 14.2 Å². The first-order valence-corrected chi connectivity index (χ1v) is 33.8. The van der Waals surface area contributed by atoms with Crippen LogP contribution < -0.4 is 0 Å². The van der Waals surface area contributed by atoms with E-state index in [2.05, 4.69) is 81.5 Å². The second-order valence-corrected chi connectivity index (χ2v) is 22.7. The zero-order valence-corrected chi connectivity index (χ0v) is 51.5. The Labute approximate surface area is 479 Å². The first-order chi connectivity index (χ1) is 38.0. The number of carbonyl (C=O) groups excluding carboxylic acids is 3. The normalized spacial score (nSPS) is 12.4. The number of rotatable bonds is 62. The predicted octanol–water partition coefficient (Wildman–Crippen LogP) is 23.1. The largest absolute Gasteiger partial charge is 0.462 e. The third kappa shape index (κ3) is 63.8. The molecule has 0 aromatic heterocycles. The van der Waals surface area contributed by atoms with Crippen molar-refractivity contribution in [2.45, 2.75) is 361 Å². The molecule has 0 aliphatic carbocycles. The average Bonchev–Trinajstić information content (AvgIpc) is 3.43. The Morgan fingerprint density at radius 2 is 0.506 bits per heavy atom. The van der Waals surface area contributed by atoms with Crippen LogP contribution in [0.4, 0.5) is 0 Å². The van der Waals surface area contributed by atoms with E-state index in [0.29, 0.717) is 19.3 Å². The van der Waals surface area contributed by atoms with Crippen LogP contribution in [0.25, 0.3) is 0 Å². The molecule has 0 spiro atoms. The maximum absolute atomic E-state index is 12.9. The number of hydrogen-bond donors (Lipinski definition) is 0. The van der Waals surface area contributed by atoms with Crippen molar-refractivity contribution < 1.29 is 28.6 Å². The summed E-state index contributed by atoms with van der Waals surface area (Å²) in [6, 6.07) is 0. The fourth-order valence-electron chi connectivity index (χ4n) is 10.0. The van der Waals surface area contributed by atoms with E-state index in [4.69, 9.17) is 14.2 Å². The molecule has 0 heterocycles. The maximum Gasteiger partial charge on any atom is 0.306 e. The molecule has 0 saturated carbocycles. The predicted molar refractivity (Wildman–Crippen MR) is 335 cm³/mol. The molecule has 77 heavy (non-hydrogen) atoms. The van der Waals surface area contributed by atoms with Crippen molar-refractivity contribution >= 4 is 17.9 Å². The maximum atomic E-state index is 12.9. The molecule has 0 aromatic rings. The third-order valence-electron chi connectivity index (χ3n) is 15.0. The van der Waals surface area contributed by atoms with Gasteiger partial charge in [0.15, 0.2) is 6.10 Å². The fourth-order valence-corrected chi connectivity index (χ4v) is 10.0. The van der Waals surface area contributed by atoms with E-state index >= 15 is 0 Å². The Bertz CT molecular complexity index is 1380. The molecule has 0 N–H and O–H groups in total. The Morgan fingerprint density at radius 3 is 0.779 bits per heavy atom. The van der Waals surface area contributed by atoms with Crippen molar-refractivity contribution in [3.05, 3.63) is 60.8 Å². The summed E-state index contributed by atoms with van der Waals surface area (Å²) >= 11 is 0. The van der Waals surface area contributed by atoms with Gasteiger partial charge in [0.25, 0.3) is 0 Å². The van der Waals surface area contributed by atoms with Gasteiger partial charge in [0.2, 0.25) is 0 Å². The van der Waals surface area contributed by atoms with Gasteiger partial charge in [0.05, 0.1) is 0 Å². The fraction of sp³-hybridized carbons (Fsp3) is 0.817. The first kappa shape index (κ1) is 74.1. The topological polar surface area (TPSA) is 78.9 Å². The molecule has 0 rings (SSSR count). The van der Waals surface area contributed by atoms with Crippen LogP contribution in [0.5, 0.6) is 0 Å². The molecule has 0 amide bonds. The lowest BCUT2D eigenvalue weighted by atomic mass is 10.0. The number of ether oxygens (including phenoxy) is 3. The van der Waals surface area contributed by atoms with Crippen molar-refractivity contribution in [3.63, 3.8) is 0 Å². The molecule has 0 aromatic carbocycles. The summed E-state index contributed by atoms with van der Waals surface area (Å²) in [5, 5.41) is 0. The van der Waals surface area contributed by atoms with E-state index in [1.807, 2.05) is 0 Å². The van der Waals surface area contributed by atoms with Crippen LogP contribution in [0.2, 0.25) is 0 Å². The molecular weight excluding hydrogens is 949 g/mol. The van der Waals surface area contributed by atoms with Crippen LogP contribution in [0, 0.1) is 0 Å². The van der Waals surface area contributed by atoms with E-state index in [1.165, 1.54) is 231 Å². The molecule has 0 saturated heterocycles. The van der Waals surface area contributed by atoms with Gasteiger partial charge in [-0.1, -0.05) is 338 Å². The number of allylic oxidation sites excluding steroid dienone is 10. The van der Waals surface area contributed by atoms with Crippen LogP contribution >= 0.6 is 0 Å². The number of carbonyl (C=O) groups is 3. The van der Waals surface area contributed by atoms with Gasteiger partial charge in [-0.15, -0.1) is 0 Å². The molecule has 0 radical (unpaired) electrons. The summed E-state index contributed by atoms with van der Waals surface area (Å²) in [5.74, 6) is -0.931. The van der Waals surface area contributed by atoms with Gasteiger partial charge >= 0.3 is 17.9 Å². The SMILES string of the molecule is CC/C=C\C/C=C\C/C=C\C/C=C\C/C=C\CCCC(=O)OC(COC(=O)CCCCCCCCCCCCCCC)COC(=O)CCCCCCCCCCCCCCCCCCCCCCCCCCCCCCC. The molecule has 6 heteroatoms. The molecular formula is C71H128O6. The van der Waals surface area contributed by atoms with E-state index in [9.17, 15) is 14.4 Å². The van der Waals surface area contributed by atoms with Gasteiger partial charge in [0.1, 0.15) is 13.2 Å². The highest BCUT2D eigenvalue weighted by atomic mass is 16.6. The van der Waals surface area contributed by atoms with Gasteiger partial charge in [-0.2, -0.15) is 0 Å². The first-order valence-electron chi connectivity index (χ1n) is 33.8. The third-order valence-corrected chi connectivity index (χ3v) is 15.0. The smallest absolute Gasteiger partial charge is 0.306 e. The second-order valence-electron chi connectivity index (χ2n) is 22.7. The summed E-state index contributed by atoms with van der Waals surface area (Å²) in [5.41, 5.74) is 0. The lowest BCUT2D eigenvalue weighted by Gasteiger charge is -2.18. The van der Waals surface area contributed by atoms with Crippen LogP contribution in [0.1, 0.15) is 355 Å². The lowest BCUT2D eigenvalue weighted by Crippen LogP contribution is -2.30. The Kier molecular flexibility index (Phi) is 63.2. The van der Waals surface area contributed by atoms with Gasteiger partial charge in [-0.3, -0.25) is 14.4 Å². The molecule has 0 fully saturated rings. The van der Waals surface area contributed by atoms with Crippen LogP contribution in [-0.4, -0.2) is 37.2 Å². The summed E-state index contributed by atoms with van der Waals surface area (Å²) < 4.78 is 16.9. The number of unbranched alkanes of at least 4 members (excludes halogenated alkanes) is 41. The van der Waals surface area contributed by atoms with Crippen molar-refractivity contribution in [1.29, 1.82) is 0 Å². The summed E-state index contributed by atoms with van der Waals surface area (Å²) in [4.78, 5) is 38.3. The Morgan fingerprint density at radius 1 is 0.273 bits per heavy atom. The average molecular weight is 1080 g/mol. The minimum absolute atomic E-state index is 0.0923. The van der Waals surface area contributed by atoms with Crippen molar-refractivity contribution in [3.8, 4) is 0 Å². The summed E-state index contributed by atoms with van der Waals surface area (Å²) in [7, 11) is 0. The van der Waals surface area contributed by atoms with E-state index in [1.54, 1.807) is 0 Å². The number of esters is 3. The lowest BCUT2D eigenvalue weighted by molar-refractivity contribution is -0.167. The quantitative estimate of drug-likeness (QED) is 0.0261. The number of hydrogen-bond acceptors (Lipinski definition) is 6. The van der Waals surface area contributed by atoms with Crippen LogP contribution in [0.15, 0.2) is 60.8 Å². The highest BCUT2D eigenvalue weighted by Gasteiger charge is 2.19. The van der Waals surface area contributed by atoms with Crippen molar-refractivity contribution in [2.75, 3.05) is 13.2 Å². The van der Waals surface area contributed by atoms with Gasteiger partial charge in [0, 0.05) is 19.3 Å². The zero-order chi connectivity index (χ0) is 55.7. The molecule has 0 bridgehead atoms. The zero-order valence-electron chi connectivity index (χ0n) is 51.5. The summed E-state index contributed by atoms with van der Waals surface area (Å²) in [6.07, 6.45) is 84.1. The highest BCUT2D eigenvalue weighted by molar-refractivity contribution is 5.71. The van der Waals surface area contributed by atoms with E-state index in [-0.39, 0.29) is 37.5 Å². The van der Waals surface area contributed by atoms with Gasteiger partial charge in [-0.05, 0) is 57.8 Å². The Balaban J connectivity index is 4.22. The monoisotopic (exact) mass is 1080 g/mol. The molecule has 0 aliphatic heterocycles. The van der Waals surface area contributed by atoms with Crippen LogP contribution in [-0.2, 0) is 28.6 Å². The standard InChI is InChI=1S/C71H128O6/c1-4-7-10-13-16-19-22-25-27-29-30-31-32-33-34-35-36-37-38-39-40-42-43-46-49-52-55-58-61-64-70(73)76-67-68(66-75-69(72)63-60-57-54-51-48-45-24-21-18-15-12-9-6-3)77-71(74)65-62-59-56-53-50-47-44-41-28-26-23-20-17-14-11-8-5-2/h8,11,17,20,26,28,44,47,53,56,68H,4-7,9-10,12-16,18-19,21-25,27,29-43,45-46,48-52,54-55,57-67H2,1-3H3/b11-8-,20-17-,28-26-,47-44-,56-53-. The van der Waals surface area contributed by atoms with Crippen molar-refractivity contribution in [2.24, 2.45) is 0 Å². The van der Waals surface area contributed by atoms with E-state index in [0.717, 1.165) is 77.0 Å². The minimum Gasteiger partial charge on any atom is -0.462 e. The molecule has 448 valence electrons. The second kappa shape index (κ2) is 65.6.